The summed E-state index contributed by atoms with van der Waals surface area (Å²) < 4.78 is 20.5. The van der Waals surface area contributed by atoms with Gasteiger partial charge in [-0.3, -0.25) is 9.69 Å². The van der Waals surface area contributed by atoms with E-state index < -0.39 is 23.7 Å². The van der Waals surface area contributed by atoms with E-state index in [0.717, 1.165) is 10.5 Å². The molecule has 1 saturated carbocycles. The molecule has 4 rings (SSSR count). The molecule has 37 heavy (non-hydrogen) atoms. The zero-order chi connectivity index (χ0) is 26.7. The van der Waals surface area contributed by atoms with Crippen LogP contribution in [0, 0.1) is 5.82 Å². The number of ether oxygens (including phenoxy) is 1. The molecule has 11 heteroatoms. The van der Waals surface area contributed by atoms with Gasteiger partial charge in [0.1, 0.15) is 11.4 Å². The molecule has 194 valence electrons. The fourth-order valence-electron chi connectivity index (χ4n) is 4.17. The Bertz CT molecular complexity index is 1240. The largest absolute Gasteiger partial charge is 0.480 e. The van der Waals surface area contributed by atoms with Gasteiger partial charge in [0.2, 0.25) is 6.41 Å². The average Bonchev–Trinajstić information content (AvgIpc) is 3.42. The fourth-order valence-corrected chi connectivity index (χ4v) is 4.17. The van der Waals surface area contributed by atoms with E-state index in [1.807, 2.05) is 0 Å². The van der Waals surface area contributed by atoms with Crippen LogP contribution in [0.4, 0.5) is 14.9 Å². The summed E-state index contributed by atoms with van der Waals surface area (Å²) in [4.78, 5) is 40.1. The number of benzene rings is 2. The van der Waals surface area contributed by atoms with Gasteiger partial charge in [-0.05, 0) is 69.2 Å². The molecule has 2 aromatic carbocycles. The molecule has 1 aliphatic rings. The van der Waals surface area contributed by atoms with Gasteiger partial charge in [0.15, 0.2) is 6.04 Å². The molecule has 0 saturated heterocycles. The number of anilines is 1. The van der Waals surface area contributed by atoms with Crippen molar-refractivity contribution >= 4 is 24.2 Å². The number of carboxylic acids is 1. The first-order chi connectivity index (χ1) is 17.6. The average molecular weight is 510 g/mol. The standard InChI is InChI=1S/C26H28FN5O5/c1-26(2,3)37-25(36)30(22-14-21(22)17-4-6-18(27)7-5-17)15-23(24(34)35)31(16-33)19-8-10-20(11-9-19)32-13-12-28-29-32/h4-13,16,21-23H,14-15H2,1-3H3,(H,34,35)/t21-,22+,23?/m0/s1. The highest BCUT2D eigenvalue weighted by molar-refractivity contribution is 5.89. The molecule has 2 amide bonds. The first-order valence-electron chi connectivity index (χ1n) is 11.8. The van der Waals surface area contributed by atoms with E-state index >= 15 is 0 Å². The smallest absolute Gasteiger partial charge is 0.410 e. The summed E-state index contributed by atoms with van der Waals surface area (Å²) >= 11 is 0. The molecule has 1 unspecified atom stereocenters. The van der Waals surface area contributed by atoms with Crippen molar-refractivity contribution in [2.75, 3.05) is 11.4 Å². The number of carbonyl (C=O) groups is 3. The van der Waals surface area contributed by atoms with Crippen LogP contribution in [0.5, 0.6) is 0 Å². The van der Waals surface area contributed by atoms with E-state index in [4.69, 9.17) is 4.74 Å². The van der Waals surface area contributed by atoms with Gasteiger partial charge >= 0.3 is 12.1 Å². The van der Waals surface area contributed by atoms with Gasteiger partial charge in [-0.15, -0.1) is 5.10 Å². The number of hydrogen-bond acceptors (Lipinski definition) is 6. The lowest BCUT2D eigenvalue weighted by Crippen LogP contribution is -2.51. The summed E-state index contributed by atoms with van der Waals surface area (Å²) in [5, 5.41) is 17.7. The molecule has 1 fully saturated rings. The van der Waals surface area contributed by atoms with Gasteiger partial charge in [0.25, 0.3) is 0 Å². The number of amides is 2. The normalized spacial score (nSPS) is 17.5. The van der Waals surface area contributed by atoms with Gasteiger partial charge in [0.05, 0.1) is 24.6 Å². The summed E-state index contributed by atoms with van der Waals surface area (Å²) in [5.41, 5.74) is 1.04. The minimum atomic E-state index is -1.38. The van der Waals surface area contributed by atoms with Gasteiger partial charge in [-0.1, -0.05) is 17.3 Å². The predicted octanol–water partition coefficient (Wildman–Crippen LogP) is 3.62. The minimum absolute atomic E-state index is 0.103. The van der Waals surface area contributed by atoms with E-state index in [2.05, 4.69) is 10.3 Å². The highest BCUT2D eigenvalue weighted by Gasteiger charge is 2.48. The van der Waals surface area contributed by atoms with Gasteiger partial charge < -0.3 is 14.7 Å². The number of rotatable bonds is 9. The molecular formula is C26H28FN5O5. The second-order valence-electron chi connectivity index (χ2n) is 9.82. The quantitative estimate of drug-likeness (QED) is 0.438. The number of aliphatic carboxylic acids is 1. The molecule has 3 atom stereocenters. The third-order valence-corrected chi connectivity index (χ3v) is 6.02. The molecule has 1 N–H and O–H groups in total. The van der Waals surface area contributed by atoms with Crippen LogP contribution in [0.2, 0.25) is 0 Å². The van der Waals surface area contributed by atoms with Crippen LogP contribution in [0.1, 0.15) is 38.7 Å². The molecule has 0 spiro atoms. The van der Waals surface area contributed by atoms with Crippen LogP contribution in [-0.4, -0.2) is 67.7 Å². The van der Waals surface area contributed by atoms with Gasteiger partial charge in [0, 0.05) is 17.6 Å². The molecule has 1 heterocycles. The maximum absolute atomic E-state index is 13.4. The van der Waals surface area contributed by atoms with E-state index in [0.29, 0.717) is 24.2 Å². The van der Waals surface area contributed by atoms with Crippen molar-refractivity contribution < 1.29 is 28.6 Å². The summed E-state index contributed by atoms with van der Waals surface area (Å²) in [6.07, 6.45) is 3.49. The topological polar surface area (TPSA) is 118 Å². The Morgan fingerprint density at radius 2 is 1.86 bits per heavy atom. The van der Waals surface area contributed by atoms with Crippen LogP contribution >= 0.6 is 0 Å². The van der Waals surface area contributed by atoms with E-state index in [9.17, 15) is 23.9 Å². The summed E-state index contributed by atoms with van der Waals surface area (Å²) in [7, 11) is 0. The van der Waals surface area contributed by atoms with Crippen molar-refractivity contribution in [3.05, 3.63) is 72.3 Å². The van der Waals surface area contributed by atoms with E-state index in [-0.39, 0.29) is 24.3 Å². The van der Waals surface area contributed by atoms with Crippen molar-refractivity contribution in [3.8, 4) is 5.69 Å². The number of carboxylic acid groups (broad SMARTS) is 1. The maximum atomic E-state index is 13.4. The van der Waals surface area contributed by atoms with E-state index in [1.165, 1.54) is 27.9 Å². The van der Waals surface area contributed by atoms with Crippen molar-refractivity contribution in [1.82, 2.24) is 19.9 Å². The minimum Gasteiger partial charge on any atom is -0.480 e. The molecule has 1 aliphatic carbocycles. The highest BCUT2D eigenvalue weighted by Crippen LogP contribution is 2.45. The van der Waals surface area contributed by atoms with E-state index in [1.54, 1.807) is 63.4 Å². The molecule has 3 aromatic rings. The number of hydrogen-bond donors (Lipinski definition) is 1. The van der Waals surface area contributed by atoms with Crippen molar-refractivity contribution in [1.29, 1.82) is 0 Å². The lowest BCUT2D eigenvalue weighted by atomic mass is 10.1. The van der Waals surface area contributed by atoms with Crippen molar-refractivity contribution in [2.45, 2.75) is 50.8 Å². The molecular weight excluding hydrogens is 481 g/mol. The molecule has 0 radical (unpaired) electrons. The number of nitrogens with zero attached hydrogens (tertiary/aromatic N) is 5. The summed E-state index contributed by atoms with van der Waals surface area (Å²) in [6.45, 7) is 4.86. The Kier molecular flexibility index (Phi) is 7.23. The van der Waals surface area contributed by atoms with Crippen LogP contribution in [0.3, 0.4) is 0 Å². The lowest BCUT2D eigenvalue weighted by molar-refractivity contribution is -0.139. The third-order valence-electron chi connectivity index (χ3n) is 6.02. The number of halogens is 1. The van der Waals surface area contributed by atoms with Crippen LogP contribution < -0.4 is 4.90 Å². The zero-order valence-electron chi connectivity index (χ0n) is 20.7. The van der Waals surface area contributed by atoms with Crippen molar-refractivity contribution in [2.24, 2.45) is 0 Å². The monoisotopic (exact) mass is 509 g/mol. The Morgan fingerprint density at radius 1 is 1.19 bits per heavy atom. The second kappa shape index (κ2) is 10.4. The molecule has 0 aliphatic heterocycles. The van der Waals surface area contributed by atoms with Gasteiger partial charge in [-0.25, -0.2) is 18.7 Å². The Hall–Kier alpha value is -4.28. The lowest BCUT2D eigenvalue weighted by Gasteiger charge is -2.33. The van der Waals surface area contributed by atoms with Crippen molar-refractivity contribution in [3.63, 3.8) is 0 Å². The zero-order valence-corrected chi connectivity index (χ0v) is 20.7. The SMILES string of the molecule is CC(C)(C)OC(=O)N(CC(C(=O)O)N(C=O)c1ccc(-n2ccnn2)cc1)[C@@H]1C[C@H]1c1ccc(F)cc1. The fraction of sp³-hybridized carbons (Fsp3) is 0.346. The first kappa shape index (κ1) is 25.8. The van der Waals surface area contributed by atoms with Gasteiger partial charge in [-0.2, -0.15) is 0 Å². The Morgan fingerprint density at radius 3 is 2.41 bits per heavy atom. The Labute approximate surface area is 213 Å². The van der Waals surface area contributed by atoms with Crippen LogP contribution in [0.25, 0.3) is 5.69 Å². The van der Waals surface area contributed by atoms with Crippen LogP contribution in [-0.2, 0) is 14.3 Å². The highest BCUT2D eigenvalue weighted by atomic mass is 19.1. The third kappa shape index (κ3) is 6.11. The first-order valence-corrected chi connectivity index (χ1v) is 11.8. The predicted molar refractivity (Wildman–Crippen MR) is 132 cm³/mol. The number of carbonyl (C=O) groups excluding carboxylic acids is 2. The molecule has 1 aromatic heterocycles. The summed E-state index contributed by atoms with van der Waals surface area (Å²) in [6, 6.07) is 10.8. The summed E-state index contributed by atoms with van der Waals surface area (Å²) in [5.74, 6) is -1.75. The number of aromatic nitrogens is 3. The second-order valence-corrected chi connectivity index (χ2v) is 9.82. The Balaban J connectivity index is 1.59. The maximum Gasteiger partial charge on any atom is 0.410 e. The molecule has 0 bridgehead atoms. The van der Waals surface area contributed by atoms with Crippen LogP contribution in [0.15, 0.2) is 60.9 Å². The molecule has 10 nitrogen and oxygen atoms in total.